The van der Waals surface area contributed by atoms with E-state index in [2.05, 4.69) is 10.3 Å². The van der Waals surface area contributed by atoms with Gasteiger partial charge in [0.15, 0.2) is 10.9 Å². The van der Waals surface area contributed by atoms with Crippen LogP contribution in [0, 0.1) is 13.8 Å². The molecule has 25 heavy (non-hydrogen) atoms. The summed E-state index contributed by atoms with van der Waals surface area (Å²) >= 11 is 7.41. The maximum Gasteiger partial charge on any atom is 0.259 e. The Morgan fingerprint density at radius 1 is 1.16 bits per heavy atom. The number of hydrogen-bond donors (Lipinski definition) is 1. The summed E-state index contributed by atoms with van der Waals surface area (Å²) < 4.78 is 2.05. The molecular formula is C18H16ClN3O2S. The minimum absolute atomic E-state index is 0.143. The van der Waals surface area contributed by atoms with Crippen LogP contribution in [0.25, 0.3) is 5.69 Å². The highest BCUT2D eigenvalue weighted by Gasteiger charge is 2.15. The van der Waals surface area contributed by atoms with E-state index < -0.39 is 0 Å². The molecule has 0 fully saturated rings. The molecule has 0 aliphatic carbocycles. The van der Waals surface area contributed by atoms with E-state index in [1.165, 1.54) is 18.3 Å². The number of rotatable bonds is 4. The second-order valence-electron chi connectivity index (χ2n) is 5.66. The molecule has 3 aromatic rings. The number of hydrogen-bond acceptors (Lipinski definition) is 4. The Balaban J connectivity index is 1.92. The van der Waals surface area contributed by atoms with Crippen LogP contribution in [-0.2, 0) is 0 Å². The fourth-order valence-electron chi connectivity index (χ4n) is 2.56. The number of nitrogens with zero attached hydrogens (tertiary/aromatic N) is 2. The highest BCUT2D eigenvalue weighted by Crippen LogP contribution is 2.24. The zero-order chi connectivity index (χ0) is 18.1. The maximum absolute atomic E-state index is 12.6. The molecule has 1 aromatic carbocycles. The maximum atomic E-state index is 12.6. The smallest absolute Gasteiger partial charge is 0.259 e. The Labute approximate surface area is 154 Å². The van der Waals surface area contributed by atoms with Gasteiger partial charge in [0, 0.05) is 29.4 Å². The van der Waals surface area contributed by atoms with Crippen molar-refractivity contribution in [2.75, 3.05) is 5.32 Å². The van der Waals surface area contributed by atoms with Crippen molar-refractivity contribution in [3.8, 4) is 5.69 Å². The molecule has 0 aliphatic heterocycles. The van der Waals surface area contributed by atoms with Gasteiger partial charge in [0.2, 0.25) is 0 Å². The molecule has 1 amide bonds. The molecule has 0 radical (unpaired) electrons. The lowest BCUT2D eigenvalue weighted by atomic mass is 10.1. The van der Waals surface area contributed by atoms with E-state index in [1.54, 1.807) is 17.5 Å². The number of halogens is 1. The van der Waals surface area contributed by atoms with E-state index in [0.717, 1.165) is 17.1 Å². The average Bonchev–Trinajstić information content (AvgIpc) is 3.15. The van der Waals surface area contributed by atoms with Gasteiger partial charge in [-0.05, 0) is 44.2 Å². The third-order valence-corrected chi connectivity index (χ3v) is 4.90. The van der Waals surface area contributed by atoms with E-state index in [-0.39, 0.29) is 11.7 Å². The number of anilines is 1. The molecule has 7 heteroatoms. The van der Waals surface area contributed by atoms with Crippen molar-refractivity contribution in [3.05, 3.63) is 63.4 Å². The Hall–Kier alpha value is -2.44. The molecule has 1 N–H and O–H groups in total. The molecule has 0 atom stereocenters. The molecule has 2 aromatic heterocycles. The van der Waals surface area contributed by atoms with Crippen molar-refractivity contribution in [2.24, 2.45) is 0 Å². The van der Waals surface area contributed by atoms with Crippen LogP contribution in [0.1, 0.15) is 39.2 Å². The SMILES string of the molecule is CC(=O)c1csc(NC(=O)c2cc(-n3c(C)ccc3C)ccc2Cl)n1. The summed E-state index contributed by atoms with van der Waals surface area (Å²) in [5.74, 6) is -0.505. The normalized spacial score (nSPS) is 10.7. The van der Waals surface area contributed by atoms with Crippen LogP contribution in [0.4, 0.5) is 5.13 Å². The molecule has 0 unspecified atom stereocenters. The number of aromatic nitrogens is 2. The van der Waals surface area contributed by atoms with Gasteiger partial charge in [-0.25, -0.2) is 4.98 Å². The lowest BCUT2D eigenvalue weighted by molar-refractivity contribution is 0.100. The predicted molar refractivity (Wildman–Crippen MR) is 100 cm³/mol. The molecule has 3 rings (SSSR count). The predicted octanol–water partition coefficient (Wildman–Crippen LogP) is 4.66. The van der Waals surface area contributed by atoms with Gasteiger partial charge in [0.05, 0.1) is 10.6 Å². The van der Waals surface area contributed by atoms with E-state index in [1.807, 2.05) is 36.6 Å². The highest BCUT2D eigenvalue weighted by molar-refractivity contribution is 7.14. The molecule has 5 nitrogen and oxygen atoms in total. The number of carbonyl (C=O) groups is 2. The third kappa shape index (κ3) is 3.50. The molecule has 2 heterocycles. The summed E-state index contributed by atoms with van der Waals surface area (Å²) in [5.41, 5.74) is 3.68. The van der Waals surface area contributed by atoms with Crippen LogP contribution in [0.15, 0.2) is 35.7 Å². The Bertz CT molecular complexity index is 955. The summed E-state index contributed by atoms with van der Waals surface area (Å²) in [4.78, 5) is 28.0. The van der Waals surface area contributed by atoms with E-state index in [9.17, 15) is 9.59 Å². The summed E-state index contributed by atoms with van der Waals surface area (Å²) in [7, 11) is 0. The van der Waals surface area contributed by atoms with E-state index in [4.69, 9.17) is 11.6 Å². The molecule has 128 valence electrons. The molecule has 0 saturated heterocycles. The third-order valence-electron chi connectivity index (χ3n) is 3.81. The lowest BCUT2D eigenvalue weighted by Crippen LogP contribution is -2.13. The van der Waals surface area contributed by atoms with Crippen LogP contribution in [0.2, 0.25) is 5.02 Å². The number of carbonyl (C=O) groups excluding carboxylic acids is 2. The second-order valence-corrected chi connectivity index (χ2v) is 6.93. The molecular weight excluding hydrogens is 358 g/mol. The summed E-state index contributed by atoms with van der Waals surface area (Å²) in [6.07, 6.45) is 0. The van der Waals surface area contributed by atoms with Gasteiger partial charge in [-0.15, -0.1) is 11.3 Å². The first kappa shape index (κ1) is 17.4. The van der Waals surface area contributed by atoms with Gasteiger partial charge in [0.25, 0.3) is 5.91 Å². The number of thiazole rings is 1. The highest BCUT2D eigenvalue weighted by atomic mass is 35.5. The van der Waals surface area contributed by atoms with Crippen LogP contribution in [0.5, 0.6) is 0 Å². The van der Waals surface area contributed by atoms with Crippen LogP contribution in [-0.4, -0.2) is 21.2 Å². The van der Waals surface area contributed by atoms with Crippen molar-refractivity contribution in [2.45, 2.75) is 20.8 Å². The lowest BCUT2D eigenvalue weighted by Gasteiger charge is -2.12. The molecule has 0 aliphatic rings. The Morgan fingerprint density at radius 2 is 1.84 bits per heavy atom. The first-order valence-corrected chi connectivity index (χ1v) is 8.85. The molecule has 0 spiro atoms. The summed E-state index contributed by atoms with van der Waals surface area (Å²) in [6.45, 7) is 5.43. The fourth-order valence-corrected chi connectivity index (χ4v) is 3.51. The van der Waals surface area contributed by atoms with Crippen LogP contribution < -0.4 is 5.32 Å². The van der Waals surface area contributed by atoms with Crippen LogP contribution >= 0.6 is 22.9 Å². The van der Waals surface area contributed by atoms with Crippen molar-refractivity contribution in [1.82, 2.24) is 9.55 Å². The minimum atomic E-state index is -0.362. The van der Waals surface area contributed by atoms with Gasteiger partial charge in [-0.1, -0.05) is 11.6 Å². The Kier molecular flexibility index (Phi) is 4.74. The minimum Gasteiger partial charge on any atom is -0.318 e. The first-order chi connectivity index (χ1) is 11.9. The number of benzene rings is 1. The van der Waals surface area contributed by atoms with Crippen LogP contribution in [0.3, 0.4) is 0 Å². The summed E-state index contributed by atoms with van der Waals surface area (Å²) in [5, 5.41) is 5.03. The van der Waals surface area contributed by atoms with Crippen molar-refractivity contribution < 1.29 is 9.59 Å². The summed E-state index contributed by atoms with van der Waals surface area (Å²) in [6, 6.07) is 9.35. The number of aryl methyl sites for hydroxylation is 2. The largest absolute Gasteiger partial charge is 0.318 e. The first-order valence-electron chi connectivity index (χ1n) is 7.59. The van der Waals surface area contributed by atoms with Gasteiger partial charge >= 0.3 is 0 Å². The zero-order valence-electron chi connectivity index (χ0n) is 14.0. The quantitative estimate of drug-likeness (QED) is 0.676. The number of ketones is 1. The van der Waals surface area contributed by atoms with Crippen molar-refractivity contribution in [1.29, 1.82) is 0 Å². The average molecular weight is 374 g/mol. The Morgan fingerprint density at radius 3 is 2.44 bits per heavy atom. The standard InChI is InChI=1S/C18H16ClN3O2S/c1-10-4-5-11(2)22(10)13-6-7-15(19)14(8-13)17(24)21-18-20-16(9-25-18)12(3)23/h4-9H,1-3H3,(H,20,21,24). The van der Waals surface area contributed by atoms with Gasteiger partial charge in [-0.2, -0.15) is 0 Å². The monoisotopic (exact) mass is 373 g/mol. The van der Waals surface area contributed by atoms with E-state index in [0.29, 0.717) is 21.4 Å². The van der Waals surface area contributed by atoms with Crippen molar-refractivity contribution >= 4 is 39.8 Å². The van der Waals surface area contributed by atoms with Gasteiger partial charge in [0.1, 0.15) is 5.69 Å². The van der Waals surface area contributed by atoms with Crippen molar-refractivity contribution in [3.63, 3.8) is 0 Å². The topological polar surface area (TPSA) is 64.0 Å². The zero-order valence-corrected chi connectivity index (χ0v) is 15.5. The van der Waals surface area contributed by atoms with Gasteiger partial charge < -0.3 is 4.57 Å². The number of Topliss-reactive ketones (excluding diaryl/α,β-unsaturated/α-hetero) is 1. The fraction of sp³-hybridized carbons (Fsp3) is 0.167. The number of amides is 1. The number of nitrogens with one attached hydrogen (secondary N) is 1. The second kappa shape index (κ2) is 6.82. The molecule has 0 bridgehead atoms. The van der Waals surface area contributed by atoms with E-state index >= 15 is 0 Å². The van der Waals surface area contributed by atoms with Gasteiger partial charge in [-0.3, -0.25) is 14.9 Å². The molecule has 0 saturated carbocycles.